The molecular weight excluding hydrogens is 274 g/mol. The lowest BCUT2D eigenvalue weighted by atomic mass is 10.2. The van der Waals surface area contributed by atoms with Crippen LogP contribution in [-0.2, 0) is 0 Å². The molecule has 0 aliphatic carbocycles. The van der Waals surface area contributed by atoms with Gasteiger partial charge in [-0.1, -0.05) is 0 Å². The zero-order chi connectivity index (χ0) is 11.0. The first-order valence-corrected chi connectivity index (χ1v) is 4.04. The summed E-state index contributed by atoms with van der Waals surface area (Å²) in [5, 5.41) is 8.64. The molecule has 0 radical (unpaired) electrons. The lowest BCUT2D eigenvalue weighted by molar-refractivity contribution is 0.0663. The van der Waals surface area contributed by atoms with Crippen molar-refractivity contribution in [3.8, 4) is 0 Å². The van der Waals surface area contributed by atoms with E-state index >= 15 is 0 Å². The molecule has 0 aliphatic rings. The Kier molecular flexibility index (Phi) is 5.12. The highest BCUT2D eigenvalue weighted by molar-refractivity contribution is 5.87. The molecule has 0 saturated heterocycles. The molecule has 4 nitrogen and oxygen atoms in total. The van der Waals surface area contributed by atoms with Crippen molar-refractivity contribution in [1.82, 2.24) is 0 Å². The van der Waals surface area contributed by atoms with Gasteiger partial charge in [0.1, 0.15) is 11.4 Å². The number of aromatic carboxylic acids is 1. The Hall–Kier alpha value is -1.59. The summed E-state index contributed by atoms with van der Waals surface area (Å²) in [6, 6.07) is 4.15. The van der Waals surface area contributed by atoms with E-state index in [4.69, 9.17) is 9.52 Å². The van der Waals surface area contributed by atoms with E-state index in [1.54, 1.807) is 0 Å². The van der Waals surface area contributed by atoms with Gasteiger partial charge in [0.25, 0.3) is 0 Å². The maximum atomic E-state index is 12.8. The van der Waals surface area contributed by atoms with Crippen LogP contribution < -0.4 is 5.43 Å². The van der Waals surface area contributed by atoms with Crippen molar-refractivity contribution < 1.29 is 18.7 Å². The molecule has 0 spiro atoms. The lowest BCUT2D eigenvalue weighted by Gasteiger charge is -1.98. The summed E-state index contributed by atoms with van der Waals surface area (Å²) in [5.41, 5.74) is -0.519. The van der Waals surface area contributed by atoms with E-state index in [0.29, 0.717) is 0 Å². The fourth-order valence-electron chi connectivity index (χ4n) is 1.23. The first-order chi connectivity index (χ1) is 7.08. The van der Waals surface area contributed by atoms with Gasteiger partial charge in [-0.3, -0.25) is 4.79 Å². The number of rotatable bonds is 1. The van der Waals surface area contributed by atoms with Gasteiger partial charge in [-0.05, 0) is 18.2 Å². The molecule has 7 heteroatoms. The first-order valence-electron chi connectivity index (χ1n) is 4.04. The zero-order valence-electron chi connectivity index (χ0n) is 8.18. The molecule has 1 aromatic carbocycles. The second-order valence-corrected chi connectivity index (χ2v) is 2.92. The van der Waals surface area contributed by atoms with Crippen LogP contribution in [0.1, 0.15) is 10.6 Å². The highest BCUT2D eigenvalue weighted by atomic mass is 35.5. The average molecular weight is 281 g/mol. The number of hydrogen-bond donors (Lipinski definition) is 1. The molecule has 0 fully saturated rings. The highest BCUT2D eigenvalue weighted by Gasteiger charge is 2.10. The van der Waals surface area contributed by atoms with E-state index in [1.165, 1.54) is 6.07 Å². The summed E-state index contributed by atoms with van der Waals surface area (Å²) in [7, 11) is 0. The van der Waals surface area contributed by atoms with Crippen molar-refractivity contribution in [1.29, 1.82) is 0 Å². The molecule has 0 aliphatic heterocycles. The minimum absolute atomic E-state index is 0. The van der Waals surface area contributed by atoms with Crippen LogP contribution >= 0.6 is 24.8 Å². The van der Waals surface area contributed by atoms with Gasteiger partial charge in [-0.25, -0.2) is 9.18 Å². The Balaban J connectivity index is 0.00000128. The quantitative estimate of drug-likeness (QED) is 0.871. The molecule has 0 unspecified atom stereocenters. The van der Waals surface area contributed by atoms with Crippen LogP contribution in [0.5, 0.6) is 0 Å². The molecule has 17 heavy (non-hydrogen) atoms. The van der Waals surface area contributed by atoms with Gasteiger partial charge in [-0.2, -0.15) is 0 Å². The Morgan fingerprint density at radius 2 is 1.88 bits per heavy atom. The highest BCUT2D eigenvalue weighted by Crippen LogP contribution is 2.13. The van der Waals surface area contributed by atoms with Crippen molar-refractivity contribution in [2.75, 3.05) is 0 Å². The topological polar surface area (TPSA) is 67.5 Å². The van der Waals surface area contributed by atoms with Crippen molar-refractivity contribution >= 4 is 41.8 Å². The predicted octanol–water partition coefficient (Wildman–Crippen LogP) is 2.47. The van der Waals surface area contributed by atoms with Crippen molar-refractivity contribution in [2.24, 2.45) is 0 Å². The smallest absolute Gasteiger partial charge is 0.371 e. The molecule has 0 atom stereocenters. The van der Waals surface area contributed by atoms with Crippen LogP contribution in [0.2, 0.25) is 0 Å². The molecule has 1 aromatic heterocycles. The summed E-state index contributed by atoms with van der Waals surface area (Å²) in [4.78, 5) is 21.9. The Bertz CT molecular complexity index is 609. The van der Waals surface area contributed by atoms with Gasteiger partial charge in [0, 0.05) is 6.07 Å². The molecular formula is C10H7Cl2FO4. The third kappa shape index (κ3) is 2.95. The summed E-state index contributed by atoms with van der Waals surface area (Å²) >= 11 is 0. The van der Waals surface area contributed by atoms with Crippen LogP contribution in [-0.4, -0.2) is 11.1 Å². The van der Waals surface area contributed by atoms with Crippen LogP contribution in [0, 0.1) is 5.82 Å². The van der Waals surface area contributed by atoms with Gasteiger partial charge in [0.05, 0.1) is 5.39 Å². The van der Waals surface area contributed by atoms with Crippen LogP contribution in [0.15, 0.2) is 33.5 Å². The van der Waals surface area contributed by atoms with Crippen LogP contribution in [0.3, 0.4) is 0 Å². The van der Waals surface area contributed by atoms with Crippen LogP contribution in [0.4, 0.5) is 4.39 Å². The summed E-state index contributed by atoms with van der Waals surface area (Å²) < 4.78 is 17.7. The number of hydrogen-bond acceptors (Lipinski definition) is 3. The van der Waals surface area contributed by atoms with E-state index in [2.05, 4.69) is 0 Å². The van der Waals surface area contributed by atoms with E-state index < -0.39 is 23.0 Å². The molecule has 0 bridgehead atoms. The fraction of sp³-hybridized carbons (Fsp3) is 0. The fourth-order valence-corrected chi connectivity index (χ4v) is 1.23. The number of carboxylic acids is 1. The average Bonchev–Trinajstić information content (AvgIpc) is 2.18. The van der Waals surface area contributed by atoms with Gasteiger partial charge in [0.2, 0.25) is 5.76 Å². The minimum Gasteiger partial charge on any atom is -0.475 e. The monoisotopic (exact) mass is 280 g/mol. The van der Waals surface area contributed by atoms with E-state index in [9.17, 15) is 14.0 Å². The lowest BCUT2D eigenvalue weighted by Crippen LogP contribution is -2.06. The molecule has 2 aromatic rings. The standard InChI is InChI=1S/C10H5FO4.2ClH/c11-5-1-2-8-6(3-5)7(12)4-9(15-8)10(13)14;;/h1-4H,(H,13,14);2*1H. The second kappa shape index (κ2) is 5.65. The van der Waals surface area contributed by atoms with E-state index in [-0.39, 0.29) is 35.8 Å². The predicted molar refractivity (Wildman–Crippen MR) is 63.9 cm³/mol. The molecule has 2 rings (SSSR count). The number of benzene rings is 1. The number of carboxylic acid groups (broad SMARTS) is 1. The second-order valence-electron chi connectivity index (χ2n) is 2.92. The third-order valence-electron chi connectivity index (χ3n) is 1.90. The SMILES string of the molecule is Cl.Cl.O=C(O)c1cc(=O)c2cc(F)ccc2o1. The molecule has 0 amide bonds. The van der Waals surface area contributed by atoms with Gasteiger partial charge >= 0.3 is 5.97 Å². The Morgan fingerprint density at radius 1 is 1.24 bits per heavy atom. The van der Waals surface area contributed by atoms with Crippen molar-refractivity contribution in [3.05, 3.63) is 46.1 Å². The van der Waals surface area contributed by atoms with Crippen LogP contribution in [0.25, 0.3) is 11.0 Å². The van der Waals surface area contributed by atoms with E-state index in [0.717, 1.165) is 18.2 Å². The Morgan fingerprint density at radius 3 is 2.47 bits per heavy atom. The summed E-state index contributed by atoms with van der Waals surface area (Å²) in [5.74, 6) is -2.37. The number of carbonyl (C=O) groups is 1. The third-order valence-corrected chi connectivity index (χ3v) is 1.90. The summed E-state index contributed by atoms with van der Waals surface area (Å²) in [6.07, 6.45) is 0. The summed E-state index contributed by atoms with van der Waals surface area (Å²) in [6.45, 7) is 0. The van der Waals surface area contributed by atoms with Gasteiger partial charge in [-0.15, -0.1) is 24.8 Å². The number of halogens is 3. The Labute approximate surface area is 107 Å². The largest absolute Gasteiger partial charge is 0.475 e. The normalized spacial score (nSPS) is 9.24. The molecule has 92 valence electrons. The van der Waals surface area contributed by atoms with Gasteiger partial charge in [0.15, 0.2) is 5.43 Å². The van der Waals surface area contributed by atoms with Crippen molar-refractivity contribution in [2.45, 2.75) is 0 Å². The maximum Gasteiger partial charge on any atom is 0.371 e. The first kappa shape index (κ1) is 15.4. The molecule has 1 N–H and O–H groups in total. The van der Waals surface area contributed by atoms with E-state index in [1.807, 2.05) is 0 Å². The minimum atomic E-state index is -1.33. The zero-order valence-corrected chi connectivity index (χ0v) is 9.81. The molecule has 1 heterocycles. The van der Waals surface area contributed by atoms with Gasteiger partial charge < -0.3 is 9.52 Å². The maximum absolute atomic E-state index is 12.8. The number of fused-ring (bicyclic) bond motifs is 1. The molecule has 0 saturated carbocycles. The van der Waals surface area contributed by atoms with Crippen molar-refractivity contribution in [3.63, 3.8) is 0 Å².